The molecule has 2 amide bonds. The quantitative estimate of drug-likeness (QED) is 0.663. The molecule has 1 saturated carbocycles. The number of urea groups is 1. The fourth-order valence-corrected chi connectivity index (χ4v) is 2.54. The Balaban J connectivity index is 1.38. The first kappa shape index (κ1) is 16.1. The zero-order valence-electron chi connectivity index (χ0n) is 14.2. The van der Waals surface area contributed by atoms with Gasteiger partial charge in [0.25, 0.3) is 0 Å². The van der Waals surface area contributed by atoms with Crippen LogP contribution in [-0.4, -0.2) is 21.2 Å². The van der Waals surface area contributed by atoms with E-state index in [-0.39, 0.29) is 5.41 Å². The molecule has 0 bridgehead atoms. The summed E-state index contributed by atoms with van der Waals surface area (Å²) in [4.78, 5) is 20.4. The van der Waals surface area contributed by atoms with Gasteiger partial charge in [0.1, 0.15) is 11.6 Å². The molecular formula is C18H18N6O2. The molecule has 1 aliphatic carbocycles. The van der Waals surface area contributed by atoms with Gasteiger partial charge in [0.2, 0.25) is 5.88 Å². The minimum atomic E-state index is -0.442. The van der Waals surface area contributed by atoms with Crippen LogP contribution in [-0.2, 0) is 5.41 Å². The highest BCUT2D eigenvalue weighted by Crippen LogP contribution is 2.47. The van der Waals surface area contributed by atoms with E-state index in [4.69, 9.17) is 10.3 Å². The number of rotatable bonds is 4. The molecule has 3 aromatic rings. The van der Waals surface area contributed by atoms with Gasteiger partial charge in [0.05, 0.1) is 5.69 Å². The van der Waals surface area contributed by atoms with Gasteiger partial charge in [-0.25, -0.2) is 14.8 Å². The summed E-state index contributed by atoms with van der Waals surface area (Å²) >= 11 is 0. The van der Waals surface area contributed by atoms with Gasteiger partial charge in [-0.15, -0.1) is 0 Å². The topological polar surface area (TPSA) is 119 Å². The second kappa shape index (κ2) is 6.14. The molecule has 0 spiro atoms. The van der Waals surface area contributed by atoms with Crippen LogP contribution >= 0.6 is 0 Å². The zero-order valence-corrected chi connectivity index (χ0v) is 14.2. The number of aromatic nitrogens is 3. The van der Waals surface area contributed by atoms with Gasteiger partial charge < -0.3 is 10.3 Å². The van der Waals surface area contributed by atoms with E-state index in [2.05, 4.69) is 32.7 Å². The molecule has 8 nitrogen and oxygen atoms in total. The molecule has 0 aliphatic heterocycles. The van der Waals surface area contributed by atoms with Crippen molar-refractivity contribution in [3.63, 3.8) is 0 Å². The number of pyridine rings is 2. The van der Waals surface area contributed by atoms with Crippen LogP contribution < -0.4 is 16.4 Å². The monoisotopic (exact) mass is 350 g/mol. The number of nitrogens with zero attached hydrogens (tertiary/aromatic N) is 3. The number of nitrogens with two attached hydrogens (primary N) is 1. The van der Waals surface area contributed by atoms with E-state index >= 15 is 0 Å². The van der Waals surface area contributed by atoms with E-state index in [0.717, 1.165) is 29.7 Å². The third-order valence-corrected chi connectivity index (χ3v) is 4.49. The van der Waals surface area contributed by atoms with Crippen LogP contribution in [0.5, 0.6) is 0 Å². The van der Waals surface area contributed by atoms with E-state index < -0.39 is 6.03 Å². The number of carbonyl (C=O) groups is 1. The predicted octanol–water partition coefficient (Wildman–Crippen LogP) is 3.41. The summed E-state index contributed by atoms with van der Waals surface area (Å²) in [6, 6.07) is 8.46. The molecule has 3 aromatic heterocycles. The summed E-state index contributed by atoms with van der Waals surface area (Å²) in [5.41, 5.74) is 8.31. The molecule has 1 aliphatic rings. The summed E-state index contributed by atoms with van der Waals surface area (Å²) in [6.07, 6.45) is 5.51. The summed E-state index contributed by atoms with van der Waals surface area (Å²) in [5.74, 6) is 1.20. The predicted molar refractivity (Wildman–Crippen MR) is 97.6 cm³/mol. The van der Waals surface area contributed by atoms with Crippen molar-refractivity contribution in [1.29, 1.82) is 0 Å². The average molecular weight is 350 g/mol. The standard InChI is InChI=1S/C18H18N6O2/c1-18(6-7-18)13-8-16(26-24-13)23-17(25)22-15-5-3-12(10-21-15)11-2-4-14(19)20-9-11/h2-5,8-10H,6-7H2,1H3,(H2,19,20)(H2,21,22,23,25). The fraction of sp³-hybridized carbons (Fsp3) is 0.222. The number of nitrogen functional groups attached to an aromatic ring is 1. The smallest absolute Gasteiger partial charge is 0.327 e. The van der Waals surface area contributed by atoms with E-state index in [0.29, 0.717) is 17.5 Å². The van der Waals surface area contributed by atoms with Crippen LogP contribution in [0.1, 0.15) is 25.5 Å². The molecule has 0 radical (unpaired) electrons. The molecule has 0 unspecified atom stereocenters. The van der Waals surface area contributed by atoms with Gasteiger partial charge in [0, 0.05) is 35.0 Å². The van der Waals surface area contributed by atoms with Crippen LogP contribution in [0.4, 0.5) is 22.3 Å². The Hall–Kier alpha value is -3.42. The highest BCUT2D eigenvalue weighted by atomic mass is 16.5. The van der Waals surface area contributed by atoms with Crippen molar-refractivity contribution in [2.45, 2.75) is 25.2 Å². The van der Waals surface area contributed by atoms with Crippen LogP contribution in [0, 0.1) is 0 Å². The van der Waals surface area contributed by atoms with Crippen molar-refractivity contribution in [2.24, 2.45) is 0 Å². The van der Waals surface area contributed by atoms with Crippen molar-refractivity contribution in [1.82, 2.24) is 15.1 Å². The number of amides is 2. The Labute approximate surface area is 149 Å². The minimum Gasteiger partial charge on any atom is -0.384 e. The SMILES string of the molecule is CC1(c2cc(NC(=O)Nc3ccc(-c4ccc(N)nc4)cn3)on2)CC1. The van der Waals surface area contributed by atoms with E-state index in [1.807, 2.05) is 12.1 Å². The number of carbonyl (C=O) groups excluding carboxylic acids is 1. The second-order valence-corrected chi connectivity index (χ2v) is 6.62. The zero-order chi connectivity index (χ0) is 18.1. The molecule has 0 aromatic carbocycles. The third kappa shape index (κ3) is 3.34. The van der Waals surface area contributed by atoms with Crippen molar-refractivity contribution in [3.8, 4) is 11.1 Å². The minimum absolute atomic E-state index is 0.0915. The first-order chi connectivity index (χ1) is 12.5. The van der Waals surface area contributed by atoms with Gasteiger partial charge in [-0.2, -0.15) is 0 Å². The summed E-state index contributed by atoms with van der Waals surface area (Å²) in [7, 11) is 0. The molecule has 3 heterocycles. The van der Waals surface area contributed by atoms with Crippen molar-refractivity contribution in [3.05, 3.63) is 48.4 Å². The molecule has 1 fully saturated rings. The number of hydrogen-bond donors (Lipinski definition) is 3. The van der Waals surface area contributed by atoms with Crippen LogP contribution in [0.2, 0.25) is 0 Å². The Bertz CT molecular complexity index is 929. The van der Waals surface area contributed by atoms with Crippen LogP contribution in [0.15, 0.2) is 47.2 Å². The Morgan fingerprint density at radius 2 is 1.85 bits per heavy atom. The lowest BCUT2D eigenvalue weighted by molar-refractivity contribution is 0.261. The number of nitrogens with one attached hydrogen (secondary N) is 2. The number of hydrogen-bond acceptors (Lipinski definition) is 6. The second-order valence-electron chi connectivity index (χ2n) is 6.62. The van der Waals surface area contributed by atoms with Gasteiger partial charge in [-0.1, -0.05) is 12.1 Å². The van der Waals surface area contributed by atoms with Gasteiger partial charge in [-0.3, -0.25) is 10.6 Å². The molecule has 4 N–H and O–H groups in total. The average Bonchev–Trinajstić information content (AvgIpc) is 3.20. The Morgan fingerprint density at radius 3 is 2.46 bits per heavy atom. The largest absolute Gasteiger partial charge is 0.384 e. The van der Waals surface area contributed by atoms with Gasteiger partial charge in [-0.05, 0) is 37.1 Å². The fourth-order valence-electron chi connectivity index (χ4n) is 2.54. The van der Waals surface area contributed by atoms with E-state index in [1.54, 1.807) is 30.6 Å². The third-order valence-electron chi connectivity index (χ3n) is 4.49. The maximum atomic E-state index is 12.1. The summed E-state index contributed by atoms with van der Waals surface area (Å²) in [5, 5.41) is 9.29. The highest BCUT2D eigenvalue weighted by molar-refractivity contribution is 5.98. The van der Waals surface area contributed by atoms with E-state index in [9.17, 15) is 4.79 Å². The Morgan fingerprint density at radius 1 is 1.12 bits per heavy atom. The molecule has 0 atom stereocenters. The molecule has 4 rings (SSSR count). The lowest BCUT2D eigenvalue weighted by Gasteiger charge is -2.06. The van der Waals surface area contributed by atoms with Crippen molar-refractivity contribution >= 4 is 23.6 Å². The van der Waals surface area contributed by atoms with Crippen LogP contribution in [0.25, 0.3) is 11.1 Å². The maximum Gasteiger partial charge on any atom is 0.327 e. The van der Waals surface area contributed by atoms with Gasteiger partial charge in [0.15, 0.2) is 0 Å². The normalized spacial score (nSPS) is 14.7. The molecule has 8 heteroatoms. The summed E-state index contributed by atoms with van der Waals surface area (Å²) in [6.45, 7) is 2.12. The molecule has 26 heavy (non-hydrogen) atoms. The van der Waals surface area contributed by atoms with Crippen LogP contribution in [0.3, 0.4) is 0 Å². The lowest BCUT2D eigenvalue weighted by Crippen LogP contribution is -2.19. The van der Waals surface area contributed by atoms with E-state index in [1.165, 1.54) is 0 Å². The molecular weight excluding hydrogens is 332 g/mol. The lowest BCUT2D eigenvalue weighted by atomic mass is 10.1. The number of anilines is 3. The summed E-state index contributed by atoms with van der Waals surface area (Å²) < 4.78 is 5.17. The first-order valence-corrected chi connectivity index (χ1v) is 8.25. The highest BCUT2D eigenvalue weighted by Gasteiger charge is 2.42. The van der Waals surface area contributed by atoms with Crippen molar-refractivity contribution < 1.29 is 9.32 Å². The Kier molecular flexibility index (Phi) is 3.80. The molecule has 0 saturated heterocycles. The maximum absolute atomic E-state index is 12.1. The molecule has 132 valence electrons. The first-order valence-electron chi connectivity index (χ1n) is 8.25. The van der Waals surface area contributed by atoms with Gasteiger partial charge >= 0.3 is 6.03 Å². The van der Waals surface area contributed by atoms with Crippen molar-refractivity contribution in [2.75, 3.05) is 16.4 Å².